The second-order valence-electron chi connectivity index (χ2n) is 8.03. The molecule has 2 aliphatic rings. The van der Waals surface area contributed by atoms with Gasteiger partial charge in [-0.25, -0.2) is 8.78 Å². The maximum Gasteiger partial charge on any atom is 0.309 e. The molecule has 0 amide bonds. The lowest BCUT2D eigenvalue weighted by molar-refractivity contribution is -0.149. The second-order valence-corrected chi connectivity index (χ2v) is 8.03. The van der Waals surface area contributed by atoms with Gasteiger partial charge in [0.25, 0.3) is 0 Å². The van der Waals surface area contributed by atoms with Gasteiger partial charge in [-0.3, -0.25) is 4.79 Å². The highest BCUT2D eigenvalue weighted by Gasteiger charge is 2.44. The number of carbonyl (C=O) groups excluding carboxylic acids is 1. The SMILES string of the molecule is CCCCOC(=O)[C@@H]1C[C@H](N(C)C2CCOCC2)C[C@H]1c1ccc(F)cc1F. The van der Waals surface area contributed by atoms with Crippen molar-refractivity contribution in [1.29, 1.82) is 0 Å². The zero-order chi connectivity index (χ0) is 20.1. The molecular formula is C22H31F2NO3. The van der Waals surface area contributed by atoms with Crippen LogP contribution < -0.4 is 0 Å². The molecule has 0 unspecified atom stereocenters. The lowest BCUT2D eigenvalue weighted by Crippen LogP contribution is -2.42. The highest BCUT2D eigenvalue weighted by atomic mass is 19.1. The third-order valence-corrected chi connectivity index (χ3v) is 6.29. The van der Waals surface area contributed by atoms with Crippen molar-refractivity contribution in [3.05, 3.63) is 35.4 Å². The van der Waals surface area contributed by atoms with E-state index in [9.17, 15) is 13.6 Å². The molecule has 2 fully saturated rings. The van der Waals surface area contributed by atoms with E-state index in [1.165, 1.54) is 12.1 Å². The summed E-state index contributed by atoms with van der Waals surface area (Å²) in [6, 6.07) is 4.24. The molecule has 156 valence electrons. The predicted molar refractivity (Wildman–Crippen MR) is 103 cm³/mol. The maximum atomic E-state index is 14.5. The number of benzene rings is 1. The summed E-state index contributed by atoms with van der Waals surface area (Å²) in [6.45, 7) is 3.93. The number of halogens is 2. The van der Waals surface area contributed by atoms with Crippen molar-refractivity contribution in [1.82, 2.24) is 4.90 Å². The van der Waals surface area contributed by atoms with Crippen molar-refractivity contribution in [3.63, 3.8) is 0 Å². The number of hydrogen-bond acceptors (Lipinski definition) is 4. The highest BCUT2D eigenvalue weighted by molar-refractivity contribution is 5.74. The van der Waals surface area contributed by atoms with Crippen molar-refractivity contribution in [2.45, 2.75) is 63.5 Å². The van der Waals surface area contributed by atoms with Gasteiger partial charge in [-0.05, 0) is 50.8 Å². The average molecular weight is 395 g/mol. The molecular weight excluding hydrogens is 364 g/mol. The fraction of sp³-hybridized carbons (Fsp3) is 0.682. The molecule has 0 spiro atoms. The first-order valence-electron chi connectivity index (χ1n) is 10.4. The Morgan fingerprint density at radius 3 is 2.64 bits per heavy atom. The molecule has 1 aromatic rings. The largest absolute Gasteiger partial charge is 0.465 e. The number of ether oxygens (including phenoxy) is 2. The third-order valence-electron chi connectivity index (χ3n) is 6.29. The van der Waals surface area contributed by atoms with Crippen LogP contribution in [0.1, 0.15) is 56.9 Å². The van der Waals surface area contributed by atoms with Gasteiger partial charge in [0.05, 0.1) is 12.5 Å². The van der Waals surface area contributed by atoms with Crippen molar-refractivity contribution in [2.75, 3.05) is 26.9 Å². The molecule has 1 saturated carbocycles. The smallest absolute Gasteiger partial charge is 0.309 e. The maximum absolute atomic E-state index is 14.5. The molecule has 3 atom stereocenters. The Kier molecular flexibility index (Phi) is 7.41. The van der Waals surface area contributed by atoms with E-state index >= 15 is 0 Å². The molecule has 0 radical (unpaired) electrons. The van der Waals surface area contributed by atoms with Crippen LogP contribution in [0.4, 0.5) is 8.78 Å². The average Bonchev–Trinajstić information content (AvgIpc) is 3.13. The molecule has 1 saturated heterocycles. The first-order valence-corrected chi connectivity index (χ1v) is 10.4. The second kappa shape index (κ2) is 9.79. The van der Waals surface area contributed by atoms with Crippen LogP contribution in [0.5, 0.6) is 0 Å². The summed E-state index contributed by atoms with van der Waals surface area (Å²) in [7, 11) is 2.09. The van der Waals surface area contributed by atoms with E-state index in [1.54, 1.807) is 0 Å². The topological polar surface area (TPSA) is 38.8 Å². The minimum absolute atomic E-state index is 0.168. The van der Waals surface area contributed by atoms with E-state index in [0.717, 1.165) is 45.0 Å². The molecule has 1 aliphatic heterocycles. The molecule has 4 nitrogen and oxygen atoms in total. The summed E-state index contributed by atoms with van der Waals surface area (Å²) in [6.07, 6.45) is 5.01. The lowest BCUT2D eigenvalue weighted by atomic mass is 9.88. The Morgan fingerprint density at radius 2 is 1.96 bits per heavy atom. The number of unbranched alkanes of at least 4 members (excludes halogenated alkanes) is 1. The van der Waals surface area contributed by atoms with Gasteiger partial charge >= 0.3 is 5.97 Å². The molecule has 0 N–H and O–H groups in total. The summed E-state index contributed by atoms with van der Waals surface area (Å²) in [5.74, 6) is -2.13. The summed E-state index contributed by atoms with van der Waals surface area (Å²) in [5.41, 5.74) is 0.418. The lowest BCUT2D eigenvalue weighted by Gasteiger charge is -2.35. The Balaban J connectivity index is 1.78. The van der Waals surface area contributed by atoms with Crippen LogP contribution in [0.15, 0.2) is 18.2 Å². The van der Waals surface area contributed by atoms with Gasteiger partial charge in [0.1, 0.15) is 11.6 Å². The van der Waals surface area contributed by atoms with Crippen molar-refractivity contribution in [2.24, 2.45) is 5.92 Å². The molecule has 0 bridgehead atoms. The number of carbonyl (C=O) groups is 1. The Hall–Kier alpha value is -1.53. The summed E-state index contributed by atoms with van der Waals surface area (Å²) < 4.78 is 38.8. The number of esters is 1. The standard InChI is InChI=1S/C22H31F2NO3/c1-3-4-9-28-22(26)20-14-17(25(2)16-7-10-27-11-8-16)13-19(20)18-6-5-15(23)12-21(18)24/h5-6,12,16-17,19-20H,3-4,7-11,13-14H2,1-2H3/t17-,19+,20-/m1/s1. The Bertz CT molecular complexity index is 663. The van der Waals surface area contributed by atoms with Gasteiger partial charge in [-0.15, -0.1) is 0 Å². The summed E-state index contributed by atoms with van der Waals surface area (Å²) in [5, 5.41) is 0. The fourth-order valence-electron chi connectivity index (χ4n) is 4.56. The summed E-state index contributed by atoms with van der Waals surface area (Å²) >= 11 is 0. The van der Waals surface area contributed by atoms with Crippen LogP contribution in [0.2, 0.25) is 0 Å². The molecule has 6 heteroatoms. The normalized spacial score (nSPS) is 26.0. The van der Waals surface area contributed by atoms with E-state index in [4.69, 9.17) is 9.47 Å². The van der Waals surface area contributed by atoms with Crippen molar-refractivity contribution >= 4 is 5.97 Å². The number of rotatable bonds is 7. The number of hydrogen-bond donors (Lipinski definition) is 0. The molecule has 1 aliphatic carbocycles. The minimum atomic E-state index is -0.600. The van der Waals surface area contributed by atoms with Gasteiger partial charge < -0.3 is 14.4 Å². The van der Waals surface area contributed by atoms with Crippen LogP contribution in [-0.2, 0) is 14.3 Å². The van der Waals surface area contributed by atoms with Crippen molar-refractivity contribution < 1.29 is 23.0 Å². The van der Waals surface area contributed by atoms with Crippen molar-refractivity contribution in [3.8, 4) is 0 Å². The first kappa shape index (κ1) is 21.2. The van der Waals surface area contributed by atoms with Gasteiger partial charge in [0, 0.05) is 37.3 Å². The highest BCUT2D eigenvalue weighted by Crippen LogP contribution is 2.44. The van der Waals surface area contributed by atoms with Crippen LogP contribution in [-0.4, -0.2) is 49.8 Å². The molecule has 0 aromatic heterocycles. The van der Waals surface area contributed by atoms with Crippen LogP contribution in [0.3, 0.4) is 0 Å². The van der Waals surface area contributed by atoms with Gasteiger partial charge in [-0.2, -0.15) is 0 Å². The first-order chi connectivity index (χ1) is 13.5. The minimum Gasteiger partial charge on any atom is -0.465 e. The predicted octanol–water partition coefficient (Wildman–Crippen LogP) is 4.28. The van der Waals surface area contributed by atoms with Gasteiger partial charge in [0.15, 0.2) is 0 Å². The number of nitrogens with zero attached hydrogens (tertiary/aromatic N) is 1. The molecule has 1 heterocycles. The Labute approximate surface area is 166 Å². The monoisotopic (exact) mass is 395 g/mol. The quantitative estimate of drug-likeness (QED) is 0.510. The summed E-state index contributed by atoms with van der Waals surface area (Å²) in [4.78, 5) is 15.1. The van der Waals surface area contributed by atoms with E-state index in [1.807, 2.05) is 6.92 Å². The van der Waals surface area contributed by atoms with E-state index in [0.29, 0.717) is 31.1 Å². The Morgan fingerprint density at radius 1 is 1.21 bits per heavy atom. The van der Waals surface area contributed by atoms with E-state index < -0.39 is 17.6 Å². The van der Waals surface area contributed by atoms with Crippen LogP contribution >= 0.6 is 0 Å². The van der Waals surface area contributed by atoms with Gasteiger partial charge in [-0.1, -0.05) is 19.4 Å². The molecule has 28 heavy (non-hydrogen) atoms. The molecule has 3 rings (SSSR count). The zero-order valence-electron chi connectivity index (χ0n) is 16.8. The zero-order valence-corrected chi connectivity index (χ0v) is 16.8. The van der Waals surface area contributed by atoms with E-state index in [-0.39, 0.29) is 17.9 Å². The van der Waals surface area contributed by atoms with E-state index in [2.05, 4.69) is 11.9 Å². The third kappa shape index (κ3) is 4.90. The van der Waals surface area contributed by atoms with Crippen LogP contribution in [0.25, 0.3) is 0 Å². The van der Waals surface area contributed by atoms with Crippen LogP contribution in [0, 0.1) is 17.6 Å². The molecule has 1 aromatic carbocycles. The fourth-order valence-corrected chi connectivity index (χ4v) is 4.56. The van der Waals surface area contributed by atoms with Gasteiger partial charge in [0.2, 0.25) is 0 Å².